The molecule has 2 saturated heterocycles. The number of esters is 1. The van der Waals surface area contributed by atoms with Crippen molar-refractivity contribution < 1.29 is 24.1 Å². The number of carbonyl (C=O) groups excluding carboxylic acids is 1. The number of hydrogen-bond donors (Lipinski definition) is 2. The average molecular weight is 483 g/mol. The second kappa shape index (κ2) is 10.7. The van der Waals surface area contributed by atoms with Gasteiger partial charge >= 0.3 is 5.97 Å². The van der Waals surface area contributed by atoms with E-state index < -0.39 is 11.9 Å². The minimum Gasteiger partial charge on any atom is -0.459 e. The highest BCUT2D eigenvalue weighted by Gasteiger charge is 2.42. The molecule has 0 saturated carbocycles. The van der Waals surface area contributed by atoms with Crippen LogP contribution in [0.4, 0.5) is 5.69 Å². The lowest BCUT2D eigenvalue weighted by molar-refractivity contribution is -0.276. The molecular formula is C28H38N2O5. The van der Waals surface area contributed by atoms with Gasteiger partial charge in [-0.3, -0.25) is 9.69 Å². The Morgan fingerprint density at radius 2 is 1.89 bits per heavy atom. The van der Waals surface area contributed by atoms with E-state index in [0.717, 1.165) is 36.1 Å². The highest BCUT2D eigenvalue weighted by molar-refractivity contribution is 5.76. The first-order valence-electron chi connectivity index (χ1n) is 12.5. The maximum Gasteiger partial charge on any atom is 0.323 e. The van der Waals surface area contributed by atoms with Crippen LogP contribution in [0.5, 0.6) is 0 Å². The summed E-state index contributed by atoms with van der Waals surface area (Å²) >= 11 is 0. The Bertz CT molecular complexity index is 1000. The van der Waals surface area contributed by atoms with Gasteiger partial charge in [0.2, 0.25) is 0 Å². The summed E-state index contributed by atoms with van der Waals surface area (Å²) in [4.78, 5) is 15.1. The standard InChI is InChI=1S/C28H38N2O5/c1-18-24(16-30-14-6-9-23(30)26(32)35-28(2,3)4)33-27(21-7-5-8-22(29)15-21)34-25(18)20-12-10-19(17-31)11-13-20/h5,7-8,10-13,15,18,23-25,27,31H,6,9,14,16-17,29H2,1-4H3. The molecule has 35 heavy (non-hydrogen) atoms. The van der Waals surface area contributed by atoms with Crippen molar-refractivity contribution in [3.8, 4) is 0 Å². The SMILES string of the molecule is CC1C(CN2CCCC2C(=O)OC(C)(C)C)OC(c2cccc(N)c2)OC1c1ccc(CO)cc1. The number of nitrogens with two attached hydrogens (primary N) is 1. The van der Waals surface area contributed by atoms with Crippen molar-refractivity contribution >= 4 is 11.7 Å². The Morgan fingerprint density at radius 3 is 2.54 bits per heavy atom. The molecule has 190 valence electrons. The molecule has 2 aromatic carbocycles. The van der Waals surface area contributed by atoms with Gasteiger partial charge in [0.05, 0.1) is 18.8 Å². The second-order valence-electron chi connectivity index (χ2n) is 10.7. The fourth-order valence-electron chi connectivity index (χ4n) is 4.95. The summed E-state index contributed by atoms with van der Waals surface area (Å²) in [6, 6.07) is 15.2. The first-order valence-corrected chi connectivity index (χ1v) is 12.5. The number of hydrogen-bond acceptors (Lipinski definition) is 7. The molecule has 2 aromatic rings. The quantitative estimate of drug-likeness (QED) is 0.467. The molecular weight excluding hydrogens is 444 g/mol. The lowest BCUT2D eigenvalue weighted by Gasteiger charge is -2.43. The van der Waals surface area contributed by atoms with Crippen molar-refractivity contribution in [2.24, 2.45) is 5.92 Å². The smallest absolute Gasteiger partial charge is 0.323 e. The monoisotopic (exact) mass is 482 g/mol. The number of rotatable bonds is 6. The predicted octanol–water partition coefficient (Wildman–Crippen LogP) is 4.36. The van der Waals surface area contributed by atoms with Crippen molar-refractivity contribution in [2.75, 3.05) is 18.8 Å². The van der Waals surface area contributed by atoms with Crippen LogP contribution in [0.1, 0.15) is 69.6 Å². The van der Waals surface area contributed by atoms with E-state index >= 15 is 0 Å². The van der Waals surface area contributed by atoms with Crippen LogP contribution in [0.3, 0.4) is 0 Å². The summed E-state index contributed by atoms with van der Waals surface area (Å²) in [6.45, 7) is 9.27. The molecule has 7 heteroatoms. The van der Waals surface area contributed by atoms with Gasteiger partial charge in [-0.25, -0.2) is 0 Å². The molecule has 0 bridgehead atoms. The summed E-state index contributed by atoms with van der Waals surface area (Å²) in [6.07, 6.45) is 0.782. The van der Waals surface area contributed by atoms with Crippen molar-refractivity contribution in [2.45, 2.75) is 77.3 Å². The van der Waals surface area contributed by atoms with Crippen molar-refractivity contribution in [1.82, 2.24) is 4.90 Å². The molecule has 0 spiro atoms. The molecule has 4 rings (SSSR count). The fourth-order valence-corrected chi connectivity index (χ4v) is 4.95. The number of nitrogen functional groups attached to an aromatic ring is 1. The van der Waals surface area contributed by atoms with Crippen molar-refractivity contribution in [3.63, 3.8) is 0 Å². The molecule has 5 atom stereocenters. The Balaban J connectivity index is 1.58. The average Bonchev–Trinajstić information content (AvgIpc) is 3.28. The number of nitrogens with zero attached hydrogens (tertiary/aromatic N) is 1. The first kappa shape index (κ1) is 25.6. The third-order valence-corrected chi connectivity index (χ3v) is 6.76. The first-order chi connectivity index (χ1) is 16.6. The van der Waals surface area contributed by atoms with Gasteiger partial charge in [0.25, 0.3) is 0 Å². The molecule has 2 fully saturated rings. The zero-order valence-corrected chi connectivity index (χ0v) is 21.1. The van der Waals surface area contributed by atoms with E-state index in [1.807, 2.05) is 69.3 Å². The van der Waals surface area contributed by atoms with E-state index in [9.17, 15) is 9.90 Å². The van der Waals surface area contributed by atoms with Gasteiger partial charge in [-0.1, -0.05) is 43.3 Å². The molecule has 7 nitrogen and oxygen atoms in total. The summed E-state index contributed by atoms with van der Waals surface area (Å²) in [7, 11) is 0. The van der Waals surface area contributed by atoms with Gasteiger partial charge in [-0.05, 0) is 63.4 Å². The lowest BCUT2D eigenvalue weighted by Crippen LogP contribution is -2.48. The summed E-state index contributed by atoms with van der Waals surface area (Å²) < 4.78 is 18.7. The maximum absolute atomic E-state index is 12.9. The number of carbonyl (C=O) groups is 1. The predicted molar refractivity (Wildman–Crippen MR) is 134 cm³/mol. The van der Waals surface area contributed by atoms with Crippen LogP contribution in [-0.4, -0.2) is 46.8 Å². The molecule has 2 aliphatic heterocycles. The van der Waals surface area contributed by atoms with E-state index in [0.29, 0.717) is 12.2 Å². The van der Waals surface area contributed by atoms with Crippen molar-refractivity contribution in [1.29, 1.82) is 0 Å². The largest absolute Gasteiger partial charge is 0.459 e. The number of ether oxygens (including phenoxy) is 3. The Labute approximate surface area is 208 Å². The number of aliphatic hydroxyl groups excluding tert-OH is 1. The normalized spacial score (nSPS) is 27.6. The van der Waals surface area contributed by atoms with Gasteiger partial charge in [0.1, 0.15) is 11.6 Å². The highest BCUT2D eigenvalue weighted by atomic mass is 16.7. The number of benzene rings is 2. The van der Waals surface area contributed by atoms with Crippen LogP contribution >= 0.6 is 0 Å². The van der Waals surface area contributed by atoms with E-state index in [2.05, 4.69) is 11.8 Å². The molecule has 2 heterocycles. The Morgan fingerprint density at radius 1 is 1.14 bits per heavy atom. The summed E-state index contributed by atoms with van der Waals surface area (Å²) in [5.41, 5.74) is 8.93. The number of aliphatic hydroxyl groups is 1. The Hall–Kier alpha value is -2.45. The van der Waals surface area contributed by atoms with E-state index in [4.69, 9.17) is 19.9 Å². The van der Waals surface area contributed by atoms with Crippen LogP contribution in [0.25, 0.3) is 0 Å². The third-order valence-electron chi connectivity index (χ3n) is 6.76. The molecule has 0 aliphatic carbocycles. The molecule has 0 radical (unpaired) electrons. The molecule has 0 amide bonds. The van der Waals surface area contributed by atoms with E-state index in [-0.39, 0.29) is 36.7 Å². The van der Waals surface area contributed by atoms with Gasteiger partial charge in [0, 0.05) is 23.7 Å². The van der Waals surface area contributed by atoms with Crippen molar-refractivity contribution in [3.05, 3.63) is 65.2 Å². The fraction of sp³-hybridized carbons (Fsp3) is 0.536. The maximum atomic E-state index is 12.9. The summed E-state index contributed by atoms with van der Waals surface area (Å²) in [5, 5.41) is 9.44. The molecule has 5 unspecified atom stereocenters. The van der Waals surface area contributed by atoms with E-state index in [1.165, 1.54) is 0 Å². The lowest BCUT2D eigenvalue weighted by atomic mass is 9.90. The summed E-state index contributed by atoms with van der Waals surface area (Å²) in [5.74, 6) is -0.134. The molecule has 0 aromatic heterocycles. The zero-order chi connectivity index (χ0) is 25.2. The van der Waals surface area contributed by atoms with Gasteiger partial charge in [-0.15, -0.1) is 0 Å². The number of likely N-dealkylation sites (tertiary alicyclic amines) is 1. The van der Waals surface area contributed by atoms with Crippen LogP contribution < -0.4 is 5.73 Å². The van der Waals surface area contributed by atoms with Crippen LogP contribution in [-0.2, 0) is 25.6 Å². The van der Waals surface area contributed by atoms with Gasteiger partial charge in [0.15, 0.2) is 6.29 Å². The number of anilines is 1. The minimum atomic E-state index is -0.579. The molecule has 2 aliphatic rings. The van der Waals surface area contributed by atoms with Crippen LogP contribution in [0, 0.1) is 5.92 Å². The minimum absolute atomic E-state index is 0.0000243. The molecule has 3 N–H and O–H groups in total. The van der Waals surface area contributed by atoms with Gasteiger partial charge < -0.3 is 25.1 Å². The van der Waals surface area contributed by atoms with Crippen LogP contribution in [0.15, 0.2) is 48.5 Å². The highest BCUT2D eigenvalue weighted by Crippen LogP contribution is 2.42. The second-order valence-corrected chi connectivity index (χ2v) is 10.7. The van der Waals surface area contributed by atoms with Gasteiger partial charge in [-0.2, -0.15) is 0 Å². The third kappa shape index (κ3) is 6.22. The topological polar surface area (TPSA) is 94.3 Å². The van der Waals surface area contributed by atoms with Crippen LogP contribution in [0.2, 0.25) is 0 Å². The Kier molecular flexibility index (Phi) is 7.81. The zero-order valence-electron chi connectivity index (χ0n) is 21.1. The van der Waals surface area contributed by atoms with E-state index in [1.54, 1.807) is 0 Å².